The van der Waals surface area contributed by atoms with E-state index >= 15 is 0 Å². The second-order valence-electron chi connectivity index (χ2n) is 6.75. The number of esters is 1. The Morgan fingerprint density at radius 1 is 0.867 bits per heavy atom. The highest BCUT2D eigenvalue weighted by Crippen LogP contribution is 2.31. The summed E-state index contributed by atoms with van der Waals surface area (Å²) in [6.07, 6.45) is 0.777. The van der Waals surface area contributed by atoms with Gasteiger partial charge in [-0.25, -0.2) is 4.79 Å². The van der Waals surface area contributed by atoms with Crippen LogP contribution >= 0.6 is 0 Å². The van der Waals surface area contributed by atoms with Gasteiger partial charge < -0.3 is 19.5 Å². The molecular weight excluding hydrogens is 382 g/mol. The molecule has 0 bridgehead atoms. The molecule has 0 aliphatic carbocycles. The first-order valence-corrected chi connectivity index (χ1v) is 9.72. The van der Waals surface area contributed by atoms with Crippen molar-refractivity contribution in [1.82, 2.24) is 0 Å². The van der Waals surface area contributed by atoms with Crippen LogP contribution in [-0.2, 0) is 9.53 Å². The monoisotopic (exact) mass is 403 g/mol. The average Bonchev–Trinajstić information content (AvgIpc) is 3.03. The smallest absolute Gasteiger partial charge is 0.338 e. The maximum atomic E-state index is 12.4. The number of ether oxygens (including phenoxy) is 3. The van der Waals surface area contributed by atoms with Crippen molar-refractivity contribution in [1.29, 1.82) is 0 Å². The van der Waals surface area contributed by atoms with Gasteiger partial charge in [0.1, 0.15) is 0 Å². The average molecular weight is 403 g/mol. The Labute approximate surface area is 174 Å². The molecular formula is C24H21NO5. The van der Waals surface area contributed by atoms with Crippen LogP contribution in [0.5, 0.6) is 11.5 Å². The Bertz CT molecular complexity index is 1050. The Kier molecular flexibility index (Phi) is 5.94. The highest BCUT2D eigenvalue weighted by molar-refractivity contribution is 5.98. The Hall–Kier alpha value is -3.80. The van der Waals surface area contributed by atoms with E-state index in [0.29, 0.717) is 36.0 Å². The number of anilines is 1. The lowest BCUT2D eigenvalue weighted by Gasteiger charge is -2.12. The van der Waals surface area contributed by atoms with Crippen LogP contribution in [-0.4, -0.2) is 31.7 Å². The minimum atomic E-state index is -0.600. The van der Waals surface area contributed by atoms with Gasteiger partial charge in [-0.05, 0) is 29.8 Å². The lowest BCUT2D eigenvalue weighted by molar-refractivity contribution is -0.119. The molecule has 0 unspecified atom stereocenters. The molecule has 0 saturated carbocycles. The number of carbonyl (C=O) groups is 2. The summed E-state index contributed by atoms with van der Waals surface area (Å²) in [5.74, 6) is 0.0840. The first-order chi connectivity index (χ1) is 14.7. The van der Waals surface area contributed by atoms with Crippen molar-refractivity contribution in [3.8, 4) is 22.6 Å². The zero-order valence-corrected chi connectivity index (χ0v) is 16.3. The maximum Gasteiger partial charge on any atom is 0.338 e. The van der Waals surface area contributed by atoms with Crippen molar-refractivity contribution in [3.05, 3.63) is 78.4 Å². The predicted octanol–water partition coefficient (Wildman–Crippen LogP) is 4.31. The number of hydrogen-bond donors (Lipinski definition) is 1. The first kappa shape index (κ1) is 19.5. The van der Waals surface area contributed by atoms with Gasteiger partial charge in [0.15, 0.2) is 18.1 Å². The second kappa shape index (κ2) is 9.13. The fourth-order valence-corrected chi connectivity index (χ4v) is 3.15. The first-order valence-electron chi connectivity index (χ1n) is 9.72. The molecule has 0 fully saturated rings. The van der Waals surface area contributed by atoms with Crippen LogP contribution < -0.4 is 14.8 Å². The van der Waals surface area contributed by atoms with Crippen molar-refractivity contribution in [2.45, 2.75) is 6.42 Å². The molecule has 0 saturated heterocycles. The predicted molar refractivity (Wildman–Crippen MR) is 113 cm³/mol. The molecule has 0 spiro atoms. The summed E-state index contributed by atoms with van der Waals surface area (Å²) >= 11 is 0. The van der Waals surface area contributed by atoms with E-state index in [1.54, 1.807) is 18.2 Å². The number of carbonyl (C=O) groups excluding carboxylic acids is 2. The number of rotatable bonds is 5. The quantitative estimate of drug-likeness (QED) is 0.643. The topological polar surface area (TPSA) is 73.9 Å². The Morgan fingerprint density at radius 2 is 1.60 bits per heavy atom. The number of hydrogen-bond acceptors (Lipinski definition) is 5. The van der Waals surface area contributed by atoms with E-state index in [9.17, 15) is 9.59 Å². The minimum absolute atomic E-state index is 0.303. The summed E-state index contributed by atoms with van der Waals surface area (Å²) in [7, 11) is 0. The van der Waals surface area contributed by atoms with E-state index in [2.05, 4.69) is 5.32 Å². The van der Waals surface area contributed by atoms with Gasteiger partial charge in [0.05, 0.1) is 18.8 Å². The Balaban J connectivity index is 1.39. The zero-order valence-electron chi connectivity index (χ0n) is 16.3. The fraction of sp³-hybridized carbons (Fsp3) is 0.167. The van der Waals surface area contributed by atoms with Crippen LogP contribution in [0.2, 0.25) is 0 Å². The molecule has 0 atom stereocenters. The molecule has 6 heteroatoms. The number of para-hydroxylation sites is 1. The van der Waals surface area contributed by atoms with Gasteiger partial charge in [0, 0.05) is 17.7 Å². The molecule has 1 heterocycles. The van der Waals surface area contributed by atoms with Crippen molar-refractivity contribution in [2.24, 2.45) is 0 Å². The van der Waals surface area contributed by atoms with E-state index in [0.717, 1.165) is 17.5 Å². The number of amides is 1. The molecule has 0 radical (unpaired) electrons. The third kappa shape index (κ3) is 4.60. The summed E-state index contributed by atoms with van der Waals surface area (Å²) in [6, 6.07) is 22.1. The molecule has 152 valence electrons. The van der Waals surface area contributed by atoms with Gasteiger partial charge in [-0.3, -0.25) is 4.79 Å². The van der Waals surface area contributed by atoms with E-state index in [4.69, 9.17) is 14.2 Å². The van der Waals surface area contributed by atoms with Crippen LogP contribution in [0.4, 0.5) is 5.69 Å². The van der Waals surface area contributed by atoms with Crippen molar-refractivity contribution in [2.75, 3.05) is 25.1 Å². The zero-order chi connectivity index (χ0) is 20.8. The van der Waals surface area contributed by atoms with Crippen molar-refractivity contribution in [3.63, 3.8) is 0 Å². The van der Waals surface area contributed by atoms with E-state index in [1.807, 2.05) is 54.6 Å². The van der Waals surface area contributed by atoms with Gasteiger partial charge in [0.25, 0.3) is 5.91 Å². The lowest BCUT2D eigenvalue weighted by Crippen LogP contribution is -2.21. The third-order valence-electron chi connectivity index (χ3n) is 4.60. The highest BCUT2D eigenvalue weighted by atomic mass is 16.5. The summed E-state index contributed by atoms with van der Waals surface area (Å²) in [5.41, 5.74) is 2.83. The summed E-state index contributed by atoms with van der Waals surface area (Å²) in [6.45, 7) is 0.701. The summed E-state index contributed by atoms with van der Waals surface area (Å²) in [5, 5.41) is 2.81. The van der Waals surface area contributed by atoms with Crippen LogP contribution in [0.25, 0.3) is 11.1 Å². The van der Waals surface area contributed by atoms with Crippen molar-refractivity contribution < 1.29 is 23.8 Å². The van der Waals surface area contributed by atoms with Gasteiger partial charge in [-0.1, -0.05) is 48.5 Å². The number of fused-ring (bicyclic) bond motifs is 1. The Morgan fingerprint density at radius 3 is 2.43 bits per heavy atom. The number of benzene rings is 3. The van der Waals surface area contributed by atoms with Gasteiger partial charge >= 0.3 is 5.97 Å². The fourth-order valence-electron chi connectivity index (χ4n) is 3.15. The van der Waals surface area contributed by atoms with E-state index < -0.39 is 18.5 Å². The van der Waals surface area contributed by atoms with Gasteiger partial charge in [-0.2, -0.15) is 0 Å². The van der Waals surface area contributed by atoms with Gasteiger partial charge in [0.2, 0.25) is 0 Å². The molecule has 1 aliphatic rings. The minimum Gasteiger partial charge on any atom is -0.490 e. The molecule has 1 amide bonds. The molecule has 0 aromatic heterocycles. The molecule has 3 aromatic carbocycles. The SMILES string of the molecule is O=C(COC(=O)c1ccc2c(c1)OCCCO2)Nc1ccccc1-c1ccccc1. The lowest BCUT2D eigenvalue weighted by atomic mass is 10.0. The van der Waals surface area contributed by atoms with Crippen LogP contribution in [0.3, 0.4) is 0 Å². The maximum absolute atomic E-state index is 12.4. The molecule has 6 nitrogen and oxygen atoms in total. The summed E-state index contributed by atoms with van der Waals surface area (Å²) < 4.78 is 16.3. The molecule has 30 heavy (non-hydrogen) atoms. The standard InChI is InChI=1S/C24H21NO5/c26-23(25-20-10-5-4-9-19(20)17-7-2-1-3-8-17)16-30-24(27)18-11-12-21-22(15-18)29-14-6-13-28-21/h1-5,7-12,15H,6,13-14,16H2,(H,25,26). The number of nitrogens with one attached hydrogen (secondary N) is 1. The van der Waals surface area contributed by atoms with Gasteiger partial charge in [-0.15, -0.1) is 0 Å². The summed E-state index contributed by atoms with van der Waals surface area (Å²) in [4.78, 5) is 24.7. The van der Waals surface area contributed by atoms with E-state index in [-0.39, 0.29) is 0 Å². The van der Waals surface area contributed by atoms with E-state index in [1.165, 1.54) is 0 Å². The molecule has 1 aliphatic heterocycles. The molecule has 3 aromatic rings. The normalized spacial score (nSPS) is 12.5. The second-order valence-corrected chi connectivity index (χ2v) is 6.75. The molecule has 4 rings (SSSR count). The molecule has 1 N–H and O–H groups in total. The van der Waals surface area contributed by atoms with Crippen LogP contribution in [0, 0.1) is 0 Å². The largest absolute Gasteiger partial charge is 0.490 e. The van der Waals surface area contributed by atoms with Crippen LogP contribution in [0.1, 0.15) is 16.8 Å². The highest BCUT2D eigenvalue weighted by Gasteiger charge is 2.16. The third-order valence-corrected chi connectivity index (χ3v) is 4.60. The van der Waals surface area contributed by atoms with Crippen molar-refractivity contribution >= 4 is 17.6 Å². The van der Waals surface area contributed by atoms with Crippen LogP contribution in [0.15, 0.2) is 72.8 Å².